The van der Waals surface area contributed by atoms with Crippen LogP contribution in [-0.2, 0) is 33.7 Å². The predicted octanol–water partition coefficient (Wildman–Crippen LogP) is 5.99. The molecule has 0 fully saturated rings. The van der Waals surface area contributed by atoms with Gasteiger partial charge in [0.05, 0.1) is 0 Å². The van der Waals surface area contributed by atoms with Crippen LogP contribution in [0.25, 0.3) is 0 Å². The van der Waals surface area contributed by atoms with Gasteiger partial charge in [0, 0.05) is 9.52 Å². The summed E-state index contributed by atoms with van der Waals surface area (Å²) < 4.78 is 0. The first-order chi connectivity index (χ1) is 10.7. The molecule has 2 rings (SSSR count). The number of rotatable bonds is 2. The van der Waals surface area contributed by atoms with Crippen LogP contribution in [0.2, 0.25) is 13.1 Å². The van der Waals surface area contributed by atoms with Crippen LogP contribution in [-0.4, -0.2) is 9.52 Å². The molecule has 0 N–H and O–H groups in total. The quantitative estimate of drug-likeness (QED) is 0.404. The second kappa shape index (κ2) is 21.1. The first-order valence-corrected chi connectivity index (χ1v) is 15.9. The maximum atomic E-state index is 4.93. The van der Waals surface area contributed by atoms with Crippen molar-refractivity contribution in [3.8, 4) is 0 Å². The molecule has 0 amide bonds. The molecule has 0 aliphatic carbocycles. The molecule has 0 unspecified atom stereocenters. The predicted molar refractivity (Wildman–Crippen MR) is 99.9 cm³/mol. The number of benzene rings is 2. The number of hydrogen-bond acceptors (Lipinski definition) is 0. The van der Waals surface area contributed by atoms with E-state index in [0.717, 1.165) is 22.4 Å². The monoisotopic (exact) mass is 429 g/mol. The summed E-state index contributed by atoms with van der Waals surface area (Å²) in [5, 5.41) is 0. The van der Waals surface area contributed by atoms with E-state index in [4.69, 9.17) is 17.0 Å². The van der Waals surface area contributed by atoms with Crippen LogP contribution in [0.3, 0.4) is 0 Å². The molecule has 119 valence electrons. The molecule has 2 aromatic carbocycles. The van der Waals surface area contributed by atoms with E-state index in [9.17, 15) is 0 Å². The molecule has 0 aromatic heterocycles. The van der Waals surface area contributed by atoms with Gasteiger partial charge in [0.25, 0.3) is 0 Å². The summed E-state index contributed by atoms with van der Waals surface area (Å²) in [4.78, 5) is 0. The third-order valence-corrected chi connectivity index (χ3v) is 2.31. The van der Waals surface area contributed by atoms with Crippen molar-refractivity contribution in [1.29, 1.82) is 0 Å². The third-order valence-electron chi connectivity index (χ3n) is 2.31. The van der Waals surface area contributed by atoms with Crippen molar-refractivity contribution in [3.05, 3.63) is 71.8 Å². The molecule has 0 bridgehead atoms. The molecule has 0 saturated carbocycles. The molecular weight excluding hydrogens is 406 g/mol. The average Bonchev–Trinajstić information content (AvgIpc) is 2.58. The molecule has 0 heterocycles. The Morgan fingerprint density at radius 3 is 1.32 bits per heavy atom. The number of aryl methyl sites for hydroxylation is 2. The van der Waals surface area contributed by atoms with E-state index in [-0.39, 0.29) is 0 Å². The summed E-state index contributed by atoms with van der Waals surface area (Å²) >= 11 is -0.826. The Balaban J connectivity index is 0. The Labute approximate surface area is 158 Å². The number of hydrogen-bond donors (Lipinski definition) is 0. The Kier molecular flexibility index (Phi) is 23.4. The zero-order valence-corrected chi connectivity index (χ0v) is 19.0. The van der Waals surface area contributed by atoms with E-state index in [1.807, 2.05) is 36.4 Å². The van der Waals surface area contributed by atoms with Crippen molar-refractivity contribution in [2.75, 3.05) is 0 Å². The summed E-state index contributed by atoms with van der Waals surface area (Å²) in [7, 11) is 10.6. The fourth-order valence-electron chi connectivity index (χ4n) is 1.30. The molecule has 0 saturated heterocycles. The molecular formula is C18H25Cl2SiZr. The number of halogens is 2. The Hall–Kier alpha value is 0.120. The van der Waals surface area contributed by atoms with Crippen molar-refractivity contribution in [1.82, 2.24) is 0 Å². The normalized spacial score (nSPS) is 7.91. The van der Waals surface area contributed by atoms with Gasteiger partial charge in [0.1, 0.15) is 0 Å². The minimum absolute atomic E-state index is 0.750. The Bertz CT molecular complexity index is 368. The molecule has 0 aliphatic rings. The van der Waals surface area contributed by atoms with Crippen LogP contribution in [0.5, 0.6) is 0 Å². The van der Waals surface area contributed by atoms with Crippen molar-refractivity contribution in [3.63, 3.8) is 0 Å². The summed E-state index contributed by atoms with van der Waals surface area (Å²) in [6, 6.07) is 22.3. The molecule has 0 aliphatic heterocycles. The van der Waals surface area contributed by atoms with Crippen molar-refractivity contribution < 1.29 is 20.8 Å². The summed E-state index contributed by atoms with van der Waals surface area (Å²) in [6.45, 7) is 8.68. The van der Waals surface area contributed by atoms with Gasteiger partial charge in [-0.1, -0.05) is 39.8 Å². The van der Waals surface area contributed by atoms with Crippen LogP contribution in [0.1, 0.15) is 25.0 Å². The summed E-state index contributed by atoms with van der Waals surface area (Å²) in [6.07, 6.45) is 2.17. The molecule has 2 aromatic rings. The SMILES string of the molecule is CCc1[c-]cccc1.CCc1[c-]cccc1.C[SiH]C.[Cl][Zr+2][Cl]. The van der Waals surface area contributed by atoms with Crippen molar-refractivity contribution in [2.24, 2.45) is 0 Å². The van der Waals surface area contributed by atoms with Crippen LogP contribution >= 0.6 is 17.0 Å². The van der Waals surface area contributed by atoms with Crippen LogP contribution in [0.4, 0.5) is 0 Å². The van der Waals surface area contributed by atoms with Crippen LogP contribution in [0, 0.1) is 12.1 Å². The third kappa shape index (κ3) is 18.2. The Morgan fingerprint density at radius 1 is 0.864 bits per heavy atom. The van der Waals surface area contributed by atoms with E-state index in [0.29, 0.717) is 0 Å². The van der Waals surface area contributed by atoms with Gasteiger partial charge >= 0.3 is 37.9 Å². The maximum absolute atomic E-state index is 4.93. The fraction of sp³-hybridized carbons (Fsp3) is 0.333. The topological polar surface area (TPSA) is 0 Å². The summed E-state index contributed by atoms with van der Waals surface area (Å²) in [5.74, 6) is 0. The van der Waals surface area contributed by atoms with Gasteiger partial charge in [-0.2, -0.15) is 71.8 Å². The molecule has 4 heteroatoms. The summed E-state index contributed by atoms with van der Waals surface area (Å²) in [5.41, 5.74) is 2.57. The first-order valence-electron chi connectivity index (χ1n) is 7.31. The minimum atomic E-state index is -0.826. The van der Waals surface area contributed by atoms with Gasteiger partial charge in [-0.15, -0.1) is 0 Å². The van der Waals surface area contributed by atoms with Gasteiger partial charge < -0.3 is 0 Å². The second-order valence-corrected chi connectivity index (χ2v) is 9.02. The van der Waals surface area contributed by atoms with Gasteiger partial charge in [0.2, 0.25) is 0 Å². The van der Waals surface area contributed by atoms with Gasteiger partial charge in [-0.05, 0) is 0 Å². The van der Waals surface area contributed by atoms with E-state index in [1.165, 1.54) is 11.1 Å². The Morgan fingerprint density at radius 2 is 1.18 bits per heavy atom. The zero-order valence-electron chi connectivity index (χ0n) is 13.9. The molecule has 0 atom stereocenters. The van der Waals surface area contributed by atoms with E-state index in [1.54, 1.807) is 0 Å². The molecule has 0 spiro atoms. The van der Waals surface area contributed by atoms with Crippen LogP contribution < -0.4 is 0 Å². The van der Waals surface area contributed by atoms with Crippen molar-refractivity contribution in [2.45, 2.75) is 39.8 Å². The molecule has 1 radical (unpaired) electrons. The van der Waals surface area contributed by atoms with E-state index >= 15 is 0 Å². The standard InChI is InChI=1S/2C8H9.C2H7Si.2ClH.Zr/c2*1-2-8-6-4-3-5-7-8;1-3-2;;;/h2*3-6H,2H2,1H3;3H,1-2H3;2*1H;/q2*-1;;;;+4/p-2. The zero-order chi connectivity index (χ0) is 17.1. The molecule has 0 nitrogen and oxygen atoms in total. The van der Waals surface area contributed by atoms with Gasteiger partial charge in [0.15, 0.2) is 0 Å². The van der Waals surface area contributed by atoms with Crippen LogP contribution in [0.15, 0.2) is 48.5 Å². The first kappa shape index (κ1) is 24.4. The average molecular weight is 432 g/mol. The van der Waals surface area contributed by atoms with Gasteiger partial charge in [-0.3, -0.25) is 0 Å². The van der Waals surface area contributed by atoms with E-state index < -0.39 is 20.8 Å². The molecule has 22 heavy (non-hydrogen) atoms. The van der Waals surface area contributed by atoms with E-state index in [2.05, 4.69) is 51.2 Å². The second-order valence-electron chi connectivity index (χ2n) is 4.13. The van der Waals surface area contributed by atoms with Gasteiger partial charge in [-0.25, -0.2) is 0 Å². The van der Waals surface area contributed by atoms with Crippen molar-refractivity contribution >= 4 is 26.5 Å². The fourth-order valence-corrected chi connectivity index (χ4v) is 1.30.